The van der Waals surface area contributed by atoms with E-state index in [1.807, 2.05) is 28.8 Å². The van der Waals surface area contributed by atoms with Gasteiger partial charge in [-0.05, 0) is 31.4 Å². The van der Waals surface area contributed by atoms with Gasteiger partial charge in [0.15, 0.2) is 11.5 Å². The van der Waals surface area contributed by atoms with Gasteiger partial charge in [0.2, 0.25) is 0 Å². The van der Waals surface area contributed by atoms with Crippen molar-refractivity contribution < 1.29 is 0 Å². The van der Waals surface area contributed by atoms with Crippen molar-refractivity contribution in [3.63, 3.8) is 0 Å². The highest BCUT2D eigenvalue weighted by Crippen LogP contribution is 2.06. The number of rotatable bonds is 5. The number of aromatic nitrogens is 3. The van der Waals surface area contributed by atoms with Crippen molar-refractivity contribution in [1.82, 2.24) is 19.9 Å². The van der Waals surface area contributed by atoms with Gasteiger partial charge in [-0.25, -0.2) is 0 Å². The van der Waals surface area contributed by atoms with Gasteiger partial charge in [0.25, 0.3) is 0 Å². The minimum absolute atomic E-state index is 0. The van der Waals surface area contributed by atoms with E-state index in [9.17, 15) is 0 Å². The van der Waals surface area contributed by atoms with E-state index in [0.29, 0.717) is 12.0 Å². The summed E-state index contributed by atoms with van der Waals surface area (Å²) >= 11 is 0. The Hall–Kier alpha value is -0.840. The normalized spacial score (nSPS) is 12.0. The molecule has 2 rings (SSSR count). The Kier molecular flexibility index (Phi) is 7.99. The number of nitrogens with one attached hydrogen (secondary N) is 1. The highest BCUT2D eigenvalue weighted by Gasteiger charge is 2.07. The Bertz CT molecular complexity index is 484. The summed E-state index contributed by atoms with van der Waals surface area (Å²) in [6.45, 7) is 7.46. The van der Waals surface area contributed by atoms with Crippen LogP contribution in [0, 0.1) is 5.92 Å². The highest BCUT2D eigenvalue weighted by atomic mass is 35.5. The van der Waals surface area contributed by atoms with E-state index in [4.69, 9.17) is 0 Å². The van der Waals surface area contributed by atoms with Gasteiger partial charge in [-0.1, -0.05) is 19.9 Å². The maximum atomic E-state index is 4.20. The molecule has 108 valence electrons. The molecule has 0 aliphatic carbocycles. The first-order valence-electron chi connectivity index (χ1n) is 6.19. The van der Waals surface area contributed by atoms with Gasteiger partial charge in [-0.3, -0.25) is 4.40 Å². The molecular weight excluding hydrogens is 283 g/mol. The van der Waals surface area contributed by atoms with Crippen LogP contribution >= 0.6 is 24.8 Å². The molecule has 0 aliphatic heterocycles. The standard InChI is InChI=1S/C13H20N4.2ClH/c1-10(2)8-11(3)14-9-13-16-15-12-6-4-5-7-17(12)13;;/h4-7,10-11,14H,8-9H2,1-3H3;2*1H. The molecule has 2 aromatic heterocycles. The van der Waals surface area contributed by atoms with Gasteiger partial charge >= 0.3 is 0 Å². The summed E-state index contributed by atoms with van der Waals surface area (Å²) in [6, 6.07) is 6.44. The third kappa shape index (κ3) is 4.97. The van der Waals surface area contributed by atoms with Crippen molar-refractivity contribution in [3.05, 3.63) is 30.2 Å². The van der Waals surface area contributed by atoms with Crippen molar-refractivity contribution in [1.29, 1.82) is 0 Å². The zero-order valence-corrected chi connectivity index (χ0v) is 13.2. The topological polar surface area (TPSA) is 42.2 Å². The fourth-order valence-electron chi connectivity index (χ4n) is 2.07. The first-order valence-corrected chi connectivity index (χ1v) is 6.19. The average molecular weight is 305 g/mol. The van der Waals surface area contributed by atoms with E-state index in [0.717, 1.165) is 18.0 Å². The van der Waals surface area contributed by atoms with Crippen LogP contribution in [0.5, 0.6) is 0 Å². The molecule has 0 aromatic carbocycles. The first kappa shape index (κ1) is 18.2. The van der Waals surface area contributed by atoms with Crippen LogP contribution in [0.15, 0.2) is 24.4 Å². The van der Waals surface area contributed by atoms with Crippen LogP contribution in [0.4, 0.5) is 0 Å². The maximum absolute atomic E-state index is 4.20. The summed E-state index contributed by atoms with van der Waals surface area (Å²) in [6.07, 6.45) is 3.18. The van der Waals surface area contributed by atoms with Gasteiger partial charge in [-0.2, -0.15) is 0 Å². The second-order valence-corrected chi connectivity index (χ2v) is 4.96. The number of hydrogen-bond donors (Lipinski definition) is 1. The number of nitrogens with zero attached hydrogens (tertiary/aromatic N) is 3. The number of halogens is 2. The molecular formula is C13H22Cl2N4. The van der Waals surface area contributed by atoms with Crippen LogP contribution in [0.25, 0.3) is 5.65 Å². The van der Waals surface area contributed by atoms with E-state index in [-0.39, 0.29) is 24.8 Å². The molecule has 1 atom stereocenters. The van der Waals surface area contributed by atoms with E-state index < -0.39 is 0 Å². The third-order valence-electron chi connectivity index (χ3n) is 2.82. The van der Waals surface area contributed by atoms with Gasteiger partial charge < -0.3 is 5.32 Å². The van der Waals surface area contributed by atoms with E-state index in [1.165, 1.54) is 6.42 Å². The molecule has 0 amide bonds. The predicted molar refractivity (Wildman–Crippen MR) is 83.2 cm³/mol. The molecule has 0 aliphatic rings. The van der Waals surface area contributed by atoms with E-state index in [1.54, 1.807) is 0 Å². The van der Waals surface area contributed by atoms with Gasteiger partial charge in [0.1, 0.15) is 0 Å². The second-order valence-electron chi connectivity index (χ2n) is 4.96. The summed E-state index contributed by atoms with van der Waals surface area (Å²) in [5.74, 6) is 1.68. The largest absolute Gasteiger partial charge is 0.307 e. The monoisotopic (exact) mass is 304 g/mol. The summed E-state index contributed by atoms with van der Waals surface area (Å²) in [5, 5.41) is 11.8. The lowest BCUT2D eigenvalue weighted by Crippen LogP contribution is -2.27. The Morgan fingerprint density at radius 2 is 1.89 bits per heavy atom. The summed E-state index contributed by atoms with van der Waals surface area (Å²) in [4.78, 5) is 0. The lowest BCUT2D eigenvalue weighted by atomic mass is 10.1. The molecule has 0 radical (unpaired) electrons. The van der Waals surface area contributed by atoms with Gasteiger partial charge in [-0.15, -0.1) is 35.0 Å². The summed E-state index contributed by atoms with van der Waals surface area (Å²) < 4.78 is 2.02. The first-order chi connectivity index (χ1) is 8.16. The van der Waals surface area contributed by atoms with Crippen molar-refractivity contribution in [2.75, 3.05) is 0 Å². The molecule has 6 heteroatoms. The van der Waals surface area contributed by atoms with E-state index in [2.05, 4.69) is 36.3 Å². The van der Waals surface area contributed by atoms with Crippen LogP contribution in [-0.2, 0) is 6.54 Å². The van der Waals surface area contributed by atoms with Crippen LogP contribution in [0.3, 0.4) is 0 Å². The molecule has 1 unspecified atom stereocenters. The molecule has 0 saturated heterocycles. The SMILES string of the molecule is CC(C)CC(C)NCc1nnc2ccccn12.Cl.Cl. The van der Waals surface area contributed by atoms with Crippen LogP contribution in [0.1, 0.15) is 33.0 Å². The Balaban J connectivity index is 0.00000162. The summed E-state index contributed by atoms with van der Waals surface area (Å²) in [7, 11) is 0. The molecule has 1 N–H and O–H groups in total. The second kappa shape index (κ2) is 8.35. The molecule has 2 heterocycles. The zero-order valence-electron chi connectivity index (χ0n) is 11.5. The van der Waals surface area contributed by atoms with Crippen molar-refractivity contribution >= 4 is 30.5 Å². The Labute approximate surface area is 126 Å². The number of hydrogen-bond acceptors (Lipinski definition) is 3. The predicted octanol–water partition coefficient (Wildman–Crippen LogP) is 3.10. The van der Waals surface area contributed by atoms with Crippen molar-refractivity contribution in [2.24, 2.45) is 5.92 Å². The molecule has 19 heavy (non-hydrogen) atoms. The molecule has 4 nitrogen and oxygen atoms in total. The van der Waals surface area contributed by atoms with E-state index >= 15 is 0 Å². The Morgan fingerprint density at radius 1 is 1.16 bits per heavy atom. The molecule has 2 aromatic rings. The minimum Gasteiger partial charge on any atom is -0.307 e. The third-order valence-corrected chi connectivity index (χ3v) is 2.82. The highest BCUT2D eigenvalue weighted by molar-refractivity contribution is 5.85. The maximum Gasteiger partial charge on any atom is 0.160 e. The lowest BCUT2D eigenvalue weighted by Gasteiger charge is -2.15. The minimum atomic E-state index is 0. The average Bonchev–Trinajstić information content (AvgIpc) is 2.69. The number of fused-ring (bicyclic) bond motifs is 1. The number of pyridine rings is 1. The zero-order chi connectivity index (χ0) is 12.3. The van der Waals surface area contributed by atoms with Crippen LogP contribution in [-0.4, -0.2) is 20.6 Å². The van der Waals surface area contributed by atoms with Crippen LogP contribution in [0.2, 0.25) is 0 Å². The smallest absolute Gasteiger partial charge is 0.160 e. The molecule has 0 bridgehead atoms. The summed E-state index contributed by atoms with van der Waals surface area (Å²) in [5.41, 5.74) is 0.904. The van der Waals surface area contributed by atoms with Gasteiger partial charge in [0.05, 0.1) is 6.54 Å². The molecule has 0 saturated carbocycles. The fraction of sp³-hybridized carbons (Fsp3) is 0.538. The fourth-order valence-corrected chi connectivity index (χ4v) is 2.07. The van der Waals surface area contributed by atoms with Crippen molar-refractivity contribution in [2.45, 2.75) is 39.8 Å². The Morgan fingerprint density at radius 3 is 2.58 bits per heavy atom. The molecule has 0 spiro atoms. The van der Waals surface area contributed by atoms with Crippen molar-refractivity contribution in [3.8, 4) is 0 Å². The quantitative estimate of drug-likeness (QED) is 0.923. The lowest BCUT2D eigenvalue weighted by molar-refractivity contribution is 0.436. The van der Waals surface area contributed by atoms with Crippen LogP contribution < -0.4 is 5.32 Å². The molecule has 0 fully saturated rings. The van der Waals surface area contributed by atoms with Gasteiger partial charge in [0, 0.05) is 12.2 Å².